The molecule has 0 unspecified atom stereocenters. The Balaban J connectivity index is 0.00000112. The number of nitrogens with one attached hydrogen (secondary N) is 1. The summed E-state index contributed by atoms with van der Waals surface area (Å²) in [7, 11) is 0. The van der Waals surface area contributed by atoms with E-state index < -0.39 is 0 Å². The van der Waals surface area contributed by atoms with Crippen molar-refractivity contribution in [3.05, 3.63) is 17.5 Å². The summed E-state index contributed by atoms with van der Waals surface area (Å²) in [5.41, 5.74) is 1.91. The molecule has 0 radical (unpaired) electrons. The second-order valence-electron chi connectivity index (χ2n) is 3.67. The third kappa shape index (κ3) is 3.32. The first kappa shape index (κ1) is 12.2. The number of hydrogen-bond acceptors (Lipinski definition) is 4. The van der Waals surface area contributed by atoms with Crippen molar-refractivity contribution in [3.63, 3.8) is 0 Å². The predicted octanol–water partition coefficient (Wildman–Crippen LogP) is 1.26. The van der Waals surface area contributed by atoms with Crippen LogP contribution in [0.1, 0.15) is 17.8 Å². The zero-order valence-electron chi connectivity index (χ0n) is 8.99. The normalized spacial score (nSPS) is 19.7. The Bertz CT molecular complexity index is 306. The molecular weight excluding hydrogens is 214 g/mol. The lowest BCUT2D eigenvalue weighted by atomic mass is 10.3. The Morgan fingerprint density at radius 1 is 1.33 bits per heavy atom. The molecule has 1 atom stereocenters. The molecule has 1 saturated heterocycles. The average Bonchev–Trinajstić information content (AvgIpc) is 2.54. The highest BCUT2D eigenvalue weighted by atomic mass is 35.5. The number of nitrogens with zero attached hydrogens (tertiary/aromatic N) is 2. The lowest BCUT2D eigenvalue weighted by Gasteiger charge is -2.10. The molecule has 1 aliphatic rings. The number of aromatic nitrogens is 2. The molecule has 0 bridgehead atoms. The van der Waals surface area contributed by atoms with E-state index in [0.29, 0.717) is 6.01 Å². The van der Waals surface area contributed by atoms with Gasteiger partial charge in [-0.3, -0.25) is 0 Å². The molecule has 5 heteroatoms. The highest BCUT2D eigenvalue weighted by molar-refractivity contribution is 5.85. The maximum Gasteiger partial charge on any atom is 0.317 e. The summed E-state index contributed by atoms with van der Waals surface area (Å²) in [5, 5.41) is 3.24. The van der Waals surface area contributed by atoms with Crippen LogP contribution in [0, 0.1) is 13.8 Å². The van der Waals surface area contributed by atoms with Gasteiger partial charge in [-0.15, -0.1) is 12.4 Å². The summed E-state index contributed by atoms with van der Waals surface area (Å²) in [6.45, 7) is 5.83. The van der Waals surface area contributed by atoms with Gasteiger partial charge in [0.1, 0.15) is 6.10 Å². The maximum atomic E-state index is 5.65. The van der Waals surface area contributed by atoms with Crippen LogP contribution in [-0.4, -0.2) is 29.2 Å². The first-order valence-corrected chi connectivity index (χ1v) is 4.94. The van der Waals surface area contributed by atoms with E-state index in [4.69, 9.17) is 4.74 Å². The molecule has 0 spiro atoms. The summed E-state index contributed by atoms with van der Waals surface area (Å²) in [6, 6.07) is 2.45. The van der Waals surface area contributed by atoms with E-state index in [0.717, 1.165) is 30.9 Å². The van der Waals surface area contributed by atoms with Crippen LogP contribution in [0.25, 0.3) is 0 Å². The maximum absolute atomic E-state index is 5.65. The zero-order chi connectivity index (χ0) is 9.97. The molecular formula is C10H16ClN3O. The Kier molecular flexibility index (Phi) is 4.29. The van der Waals surface area contributed by atoms with Crippen LogP contribution in [-0.2, 0) is 0 Å². The van der Waals surface area contributed by atoms with E-state index in [-0.39, 0.29) is 18.5 Å². The Hall–Kier alpha value is -0.870. The van der Waals surface area contributed by atoms with Crippen molar-refractivity contribution in [2.24, 2.45) is 0 Å². The number of halogens is 1. The molecule has 2 heterocycles. The highest BCUT2D eigenvalue weighted by Crippen LogP contribution is 2.11. The number of rotatable bonds is 2. The van der Waals surface area contributed by atoms with Crippen LogP contribution in [0.5, 0.6) is 6.01 Å². The van der Waals surface area contributed by atoms with E-state index in [2.05, 4.69) is 15.3 Å². The van der Waals surface area contributed by atoms with Gasteiger partial charge in [-0.05, 0) is 32.9 Å². The van der Waals surface area contributed by atoms with Gasteiger partial charge in [-0.1, -0.05) is 0 Å². The number of ether oxygens (including phenoxy) is 1. The van der Waals surface area contributed by atoms with Crippen LogP contribution < -0.4 is 10.1 Å². The largest absolute Gasteiger partial charge is 0.459 e. The first-order valence-electron chi connectivity index (χ1n) is 4.94. The van der Waals surface area contributed by atoms with Gasteiger partial charge in [0.2, 0.25) is 0 Å². The van der Waals surface area contributed by atoms with Gasteiger partial charge >= 0.3 is 6.01 Å². The molecule has 1 aromatic rings. The Morgan fingerprint density at radius 2 is 2.00 bits per heavy atom. The third-order valence-electron chi connectivity index (χ3n) is 2.25. The molecule has 0 aromatic carbocycles. The van der Waals surface area contributed by atoms with Gasteiger partial charge in [0.25, 0.3) is 0 Å². The quantitative estimate of drug-likeness (QED) is 0.830. The van der Waals surface area contributed by atoms with Crippen molar-refractivity contribution in [2.75, 3.05) is 13.1 Å². The molecule has 15 heavy (non-hydrogen) atoms. The second kappa shape index (κ2) is 5.28. The second-order valence-corrected chi connectivity index (χ2v) is 3.67. The molecule has 0 aliphatic carbocycles. The van der Waals surface area contributed by atoms with Gasteiger partial charge < -0.3 is 10.1 Å². The smallest absolute Gasteiger partial charge is 0.317 e. The van der Waals surface area contributed by atoms with Crippen LogP contribution in [0.4, 0.5) is 0 Å². The molecule has 1 fully saturated rings. The summed E-state index contributed by atoms with van der Waals surface area (Å²) in [4.78, 5) is 8.47. The van der Waals surface area contributed by atoms with Gasteiger partial charge in [0, 0.05) is 17.9 Å². The SMILES string of the molecule is Cc1cc(C)nc(O[C@H]2CCNC2)n1.Cl. The van der Waals surface area contributed by atoms with Crippen LogP contribution in [0.2, 0.25) is 0 Å². The molecule has 0 amide bonds. The van der Waals surface area contributed by atoms with Crippen molar-refractivity contribution in [1.82, 2.24) is 15.3 Å². The number of hydrogen-bond donors (Lipinski definition) is 1. The van der Waals surface area contributed by atoms with E-state index in [1.165, 1.54) is 0 Å². The van der Waals surface area contributed by atoms with Crippen LogP contribution in [0.3, 0.4) is 0 Å². The Labute approximate surface area is 95.9 Å². The molecule has 4 nitrogen and oxygen atoms in total. The topological polar surface area (TPSA) is 47.0 Å². The summed E-state index contributed by atoms with van der Waals surface area (Å²) in [6.07, 6.45) is 1.27. The first-order chi connectivity index (χ1) is 6.74. The predicted molar refractivity (Wildman–Crippen MR) is 60.7 cm³/mol. The average molecular weight is 230 g/mol. The lowest BCUT2D eigenvalue weighted by Crippen LogP contribution is -2.20. The molecule has 84 valence electrons. The van der Waals surface area contributed by atoms with Gasteiger partial charge in [0.05, 0.1) is 0 Å². The molecule has 1 aromatic heterocycles. The van der Waals surface area contributed by atoms with Crippen molar-refractivity contribution in [1.29, 1.82) is 0 Å². The van der Waals surface area contributed by atoms with Crippen LogP contribution >= 0.6 is 12.4 Å². The minimum atomic E-state index is 0. The highest BCUT2D eigenvalue weighted by Gasteiger charge is 2.17. The summed E-state index contributed by atoms with van der Waals surface area (Å²) in [5.74, 6) is 0. The monoisotopic (exact) mass is 229 g/mol. The lowest BCUT2D eigenvalue weighted by molar-refractivity contribution is 0.203. The van der Waals surface area contributed by atoms with Crippen molar-refractivity contribution >= 4 is 12.4 Å². The fraction of sp³-hybridized carbons (Fsp3) is 0.600. The Morgan fingerprint density at radius 3 is 2.53 bits per heavy atom. The molecule has 0 saturated carbocycles. The molecule has 1 N–H and O–H groups in total. The zero-order valence-corrected chi connectivity index (χ0v) is 9.80. The fourth-order valence-electron chi connectivity index (χ4n) is 1.62. The van der Waals surface area contributed by atoms with Crippen molar-refractivity contribution < 1.29 is 4.74 Å². The fourth-order valence-corrected chi connectivity index (χ4v) is 1.62. The van der Waals surface area contributed by atoms with E-state index >= 15 is 0 Å². The van der Waals surface area contributed by atoms with Gasteiger partial charge in [-0.2, -0.15) is 0 Å². The van der Waals surface area contributed by atoms with E-state index in [9.17, 15) is 0 Å². The molecule has 2 rings (SSSR count). The van der Waals surface area contributed by atoms with Gasteiger partial charge in [0.15, 0.2) is 0 Å². The van der Waals surface area contributed by atoms with E-state index in [1.54, 1.807) is 0 Å². The third-order valence-corrected chi connectivity index (χ3v) is 2.25. The van der Waals surface area contributed by atoms with Gasteiger partial charge in [-0.25, -0.2) is 9.97 Å². The minimum absolute atomic E-state index is 0. The standard InChI is InChI=1S/C10H15N3O.ClH/c1-7-5-8(2)13-10(12-7)14-9-3-4-11-6-9;/h5,9,11H,3-4,6H2,1-2H3;1H/t9-;/m0./s1. The summed E-state index contributed by atoms with van der Waals surface area (Å²) >= 11 is 0. The van der Waals surface area contributed by atoms with Crippen LogP contribution in [0.15, 0.2) is 6.07 Å². The van der Waals surface area contributed by atoms with Crippen molar-refractivity contribution in [3.8, 4) is 6.01 Å². The van der Waals surface area contributed by atoms with Crippen molar-refractivity contribution in [2.45, 2.75) is 26.4 Å². The number of aryl methyl sites for hydroxylation is 2. The molecule has 1 aliphatic heterocycles. The van der Waals surface area contributed by atoms with E-state index in [1.807, 2.05) is 19.9 Å². The summed E-state index contributed by atoms with van der Waals surface area (Å²) < 4.78 is 5.65. The minimum Gasteiger partial charge on any atom is -0.459 e.